The standard InChI is InChI=1S/C23H21ClN4O4S2/c1-14-10-17(5-6-18(14)24)31-8-9-32-19-7-4-15(12-20(19)30-2)11-16(13-25)21(29)26-22-27-23(33-3)28-34-22/h4-7,10-12H,8-9H2,1-3H3,(H,26,27,28,29)/b16-11-. The minimum absolute atomic E-state index is 0.0803. The number of anilines is 1. The number of hydrogen-bond donors (Lipinski definition) is 1. The second-order valence-electron chi connectivity index (χ2n) is 6.73. The van der Waals surface area contributed by atoms with Crippen molar-refractivity contribution in [2.24, 2.45) is 0 Å². The van der Waals surface area contributed by atoms with Crippen molar-refractivity contribution in [2.45, 2.75) is 12.1 Å². The number of benzene rings is 2. The van der Waals surface area contributed by atoms with Crippen LogP contribution in [-0.2, 0) is 4.79 Å². The average molecular weight is 517 g/mol. The van der Waals surface area contributed by atoms with Crippen molar-refractivity contribution in [3.63, 3.8) is 0 Å². The molecule has 0 atom stereocenters. The molecule has 34 heavy (non-hydrogen) atoms. The van der Waals surface area contributed by atoms with Crippen LogP contribution in [0.3, 0.4) is 0 Å². The summed E-state index contributed by atoms with van der Waals surface area (Å²) in [4.78, 5) is 16.6. The monoisotopic (exact) mass is 516 g/mol. The first kappa shape index (κ1) is 25.4. The van der Waals surface area contributed by atoms with Gasteiger partial charge in [0.05, 0.1) is 7.11 Å². The first-order chi connectivity index (χ1) is 16.4. The molecule has 0 saturated carbocycles. The molecule has 1 N–H and O–H groups in total. The van der Waals surface area contributed by atoms with E-state index < -0.39 is 5.91 Å². The van der Waals surface area contributed by atoms with E-state index in [0.717, 1.165) is 17.1 Å². The van der Waals surface area contributed by atoms with Gasteiger partial charge < -0.3 is 14.2 Å². The smallest absolute Gasteiger partial charge is 0.268 e. The fourth-order valence-electron chi connectivity index (χ4n) is 2.73. The molecule has 176 valence electrons. The number of carbonyl (C=O) groups is 1. The number of nitrogens with zero attached hydrogens (tertiary/aromatic N) is 3. The zero-order chi connectivity index (χ0) is 24.5. The van der Waals surface area contributed by atoms with Crippen LogP contribution < -0.4 is 19.5 Å². The minimum Gasteiger partial charge on any atom is -0.493 e. The maximum Gasteiger partial charge on any atom is 0.268 e. The molecule has 0 saturated heterocycles. The van der Waals surface area contributed by atoms with Gasteiger partial charge in [0.15, 0.2) is 11.5 Å². The number of halogens is 1. The number of methoxy groups -OCH3 is 1. The lowest BCUT2D eigenvalue weighted by atomic mass is 10.1. The molecule has 0 unspecified atom stereocenters. The number of rotatable bonds is 10. The van der Waals surface area contributed by atoms with E-state index in [2.05, 4.69) is 14.7 Å². The van der Waals surface area contributed by atoms with Gasteiger partial charge in [0.25, 0.3) is 5.91 Å². The average Bonchev–Trinajstić information content (AvgIpc) is 3.30. The van der Waals surface area contributed by atoms with Crippen molar-refractivity contribution in [2.75, 3.05) is 31.9 Å². The van der Waals surface area contributed by atoms with Gasteiger partial charge in [0.2, 0.25) is 10.3 Å². The normalized spacial score (nSPS) is 11.0. The highest BCUT2D eigenvalue weighted by Crippen LogP contribution is 2.29. The zero-order valence-electron chi connectivity index (χ0n) is 18.6. The third-order valence-electron chi connectivity index (χ3n) is 4.41. The minimum atomic E-state index is -0.569. The number of aryl methyl sites for hydroxylation is 1. The second-order valence-corrected chi connectivity index (χ2v) is 8.66. The lowest BCUT2D eigenvalue weighted by Gasteiger charge is -2.12. The molecule has 8 nitrogen and oxygen atoms in total. The number of hydrogen-bond acceptors (Lipinski definition) is 9. The lowest BCUT2D eigenvalue weighted by Crippen LogP contribution is -2.13. The van der Waals surface area contributed by atoms with Crippen molar-refractivity contribution in [1.82, 2.24) is 9.36 Å². The summed E-state index contributed by atoms with van der Waals surface area (Å²) >= 11 is 8.44. The fraction of sp³-hybridized carbons (Fsp3) is 0.217. The molecular formula is C23H21ClN4O4S2. The van der Waals surface area contributed by atoms with Crippen molar-refractivity contribution in [3.05, 3.63) is 58.1 Å². The van der Waals surface area contributed by atoms with Gasteiger partial charge in [-0.3, -0.25) is 10.1 Å². The van der Waals surface area contributed by atoms with Crippen molar-refractivity contribution < 1.29 is 19.0 Å². The van der Waals surface area contributed by atoms with Gasteiger partial charge in [-0.2, -0.15) is 14.6 Å². The van der Waals surface area contributed by atoms with E-state index in [-0.39, 0.29) is 5.57 Å². The highest BCUT2D eigenvalue weighted by atomic mass is 35.5. The summed E-state index contributed by atoms with van der Waals surface area (Å²) < 4.78 is 20.9. The highest BCUT2D eigenvalue weighted by molar-refractivity contribution is 7.98. The summed E-state index contributed by atoms with van der Waals surface area (Å²) in [5.41, 5.74) is 1.46. The number of nitriles is 1. The molecule has 3 rings (SSSR count). The number of carbonyl (C=O) groups excluding carboxylic acids is 1. The molecular weight excluding hydrogens is 496 g/mol. The Morgan fingerprint density at radius 3 is 2.71 bits per heavy atom. The van der Waals surface area contributed by atoms with E-state index in [1.165, 1.54) is 24.9 Å². The third kappa shape index (κ3) is 6.87. The van der Waals surface area contributed by atoms with Gasteiger partial charge >= 0.3 is 0 Å². The number of aromatic nitrogens is 2. The molecule has 1 amide bonds. The van der Waals surface area contributed by atoms with Crippen LogP contribution in [0.4, 0.5) is 5.13 Å². The van der Waals surface area contributed by atoms with Crippen molar-refractivity contribution in [3.8, 4) is 23.3 Å². The summed E-state index contributed by atoms with van der Waals surface area (Å²) in [7, 11) is 1.51. The van der Waals surface area contributed by atoms with Gasteiger partial charge in [0, 0.05) is 16.6 Å². The molecule has 0 fully saturated rings. The SMILES string of the molecule is COc1cc(/C=C(/C#N)C(=O)Nc2nc(SC)ns2)ccc1OCCOc1ccc(Cl)c(C)c1. The van der Waals surface area contributed by atoms with Gasteiger partial charge in [-0.15, -0.1) is 0 Å². The summed E-state index contributed by atoms with van der Waals surface area (Å²) in [5, 5.41) is 13.6. The Hall–Kier alpha value is -3.26. The van der Waals surface area contributed by atoms with Crippen LogP contribution in [0, 0.1) is 18.3 Å². The van der Waals surface area contributed by atoms with E-state index in [0.29, 0.717) is 51.3 Å². The van der Waals surface area contributed by atoms with Crippen LogP contribution in [0.2, 0.25) is 5.02 Å². The van der Waals surface area contributed by atoms with Crippen LogP contribution in [0.15, 0.2) is 47.1 Å². The molecule has 0 spiro atoms. The van der Waals surface area contributed by atoms with Gasteiger partial charge in [0.1, 0.15) is 30.6 Å². The van der Waals surface area contributed by atoms with E-state index in [4.69, 9.17) is 25.8 Å². The number of thioether (sulfide) groups is 1. The highest BCUT2D eigenvalue weighted by Gasteiger charge is 2.14. The first-order valence-corrected chi connectivity index (χ1v) is 12.3. The molecule has 2 aromatic carbocycles. The van der Waals surface area contributed by atoms with Crippen molar-refractivity contribution >= 4 is 52.0 Å². The molecule has 0 aliphatic heterocycles. The predicted molar refractivity (Wildman–Crippen MR) is 134 cm³/mol. The van der Waals surface area contributed by atoms with Crippen LogP contribution in [0.5, 0.6) is 17.2 Å². The van der Waals surface area contributed by atoms with E-state index in [1.54, 1.807) is 30.3 Å². The van der Waals surface area contributed by atoms with Gasteiger partial charge in [-0.05, 0) is 60.7 Å². The third-order valence-corrected chi connectivity index (χ3v) is 6.13. The Labute approximate surface area is 210 Å². The van der Waals surface area contributed by atoms with Crippen LogP contribution in [-0.4, -0.2) is 41.8 Å². The molecule has 0 bridgehead atoms. The van der Waals surface area contributed by atoms with E-state index in [9.17, 15) is 10.1 Å². The predicted octanol–water partition coefficient (Wildman–Crippen LogP) is 5.23. The molecule has 0 radical (unpaired) electrons. The van der Waals surface area contributed by atoms with E-state index >= 15 is 0 Å². The molecule has 11 heteroatoms. The Bertz CT molecular complexity index is 1240. The number of nitrogens with one attached hydrogen (secondary N) is 1. The molecule has 1 aromatic heterocycles. The van der Waals surface area contributed by atoms with Gasteiger partial charge in [-0.1, -0.05) is 29.4 Å². The van der Waals surface area contributed by atoms with Gasteiger partial charge in [-0.25, -0.2) is 0 Å². The van der Waals surface area contributed by atoms with Crippen LogP contribution >= 0.6 is 34.9 Å². The van der Waals surface area contributed by atoms with Crippen molar-refractivity contribution in [1.29, 1.82) is 5.26 Å². The topological polar surface area (TPSA) is 106 Å². The Morgan fingerprint density at radius 2 is 2.03 bits per heavy atom. The quantitative estimate of drug-likeness (QED) is 0.169. The van der Waals surface area contributed by atoms with E-state index in [1.807, 2.05) is 25.3 Å². The van der Waals surface area contributed by atoms with Crippen LogP contribution in [0.25, 0.3) is 6.08 Å². The Kier molecular flexibility index (Phi) is 9.16. The maximum atomic E-state index is 12.5. The maximum absolute atomic E-state index is 12.5. The number of amides is 1. The molecule has 0 aliphatic rings. The second kappa shape index (κ2) is 12.3. The Morgan fingerprint density at radius 1 is 1.24 bits per heavy atom. The summed E-state index contributed by atoms with van der Waals surface area (Å²) in [6, 6.07) is 12.5. The largest absolute Gasteiger partial charge is 0.493 e. The fourth-order valence-corrected chi connectivity index (χ4v) is 3.97. The molecule has 1 heterocycles. The summed E-state index contributed by atoms with van der Waals surface area (Å²) in [5.74, 6) is 1.11. The summed E-state index contributed by atoms with van der Waals surface area (Å²) in [6.45, 7) is 2.53. The first-order valence-electron chi connectivity index (χ1n) is 9.94. The number of ether oxygens (including phenoxy) is 3. The summed E-state index contributed by atoms with van der Waals surface area (Å²) in [6.07, 6.45) is 3.30. The molecule has 3 aromatic rings. The lowest BCUT2D eigenvalue weighted by molar-refractivity contribution is -0.112. The zero-order valence-corrected chi connectivity index (χ0v) is 21.0. The Balaban J connectivity index is 1.62. The molecule has 0 aliphatic carbocycles. The van der Waals surface area contributed by atoms with Crippen LogP contribution in [0.1, 0.15) is 11.1 Å².